The van der Waals surface area contributed by atoms with Crippen LogP contribution in [0.15, 0.2) is 97.2 Å². The Balaban J connectivity index is 4.36. The van der Waals surface area contributed by atoms with Gasteiger partial charge in [-0.15, -0.1) is 0 Å². The molecule has 2 atom stereocenters. The first-order valence-corrected chi connectivity index (χ1v) is 25.4. The van der Waals surface area contributed by atoms with Crippen molar-refractivity contribution in [2.45, 2.75) is 193 Å². The number of rotatable bonds is 45. The van der Waals surface area contributed by atoms with Gasteiger partial charge in [0.15, 0.2) is 12.4 Å². The van der Waals surface area contributed by atoms with Crippen molar-refractivity contribution in [2.75, 3.05) is 47.5 Å². The molecule has 0 fully saturated rings. The van der Waals surface area contributed by atoms with Crippen LogP contribution in [0.4, 0.5) is 0 Å². The lowest BCUT2D eigenvalue weighted by molar-refractivity contribution is -0.870. The van der Waals surface area contributed by atoms with Gasteiger partial charge < -0.3 is 33.3 Å². The summed E-state index contributed by atoms with van der Waals surface area (Å²) in [5.74, 6) is -2.33. The van der Waals surface area contributed by atoms with Gasteiger partial charge in [-0.25, -0.2) is 0 Å². The van der Waals surface area contributed by atoms with Gasteiger partial charge in [0, 0.05) is 12.8 Å². The Morgan fingerprint density at radius 2 is 0.877 bits per heavy atom. The summed E-state index contributed by atoms with van der Waals surface area (Å²) in [6.07, 6.45) is 58.8. The number of carbonyl (C=O) groups excluding carboxylic acids is 3. The number of quaternary nitrogens is 1. The summed E-state index contributed by atoms with van der Waals surface area (Å²) in [7, 11) is 5.89. The Morgan fingerprint density at radius 1 is 0.477 bits per heavy atom. The van der Waals surface area contributed by atoms with Crippen molar-refractivity contribution >= 4 is 17.9 Å². The minimum Gasteiger partial charge on any atom is -0.545 e. The van der Waals surface area contributed by atoms with Crippen LogP contribution in [0, 0.1) is 0 Å². The molecule has 0 heterocycles. The first-order chi connectivity index (χ1) is 31.6. The van der Waals surface area contributed by atoms with Gasteiger partial charge in [-0.1, -0.05) is 188 Å². The Morgan fingerprint density at radius 3 is 1.31 bits per heavy atom. The molecule has 0 bridgehead atoms. The number of nitrogens with zero attached hydrogens (tertiary/aromatic N) is 1. The maximum Gasteiger partial charge on any atom is 0.306 e. The maximum absolute atomic E-state index is 12.8. The number of unbranched alkanes of at least 4 members (excludes halogenated alkanes) is 14. The van der Waals surface area contributed by atoms with Crippen molar-refractivity contribution in [3.05, 3.63) is 97.2 Å². The molecule has 0 spiro atoms. The molecule has 0 aliphatic rings. The number of ether oxygens (including phenoxy) is 4. The maximum atomic E-state index is 12.8. The lowest BCUT2D eigenvalue weighted by Gasteiger charge is -2.26. The molecule has 0 N–H and O–H groups in total. The molecule has 0 amide bonds. The second kappa shape index (κ2) is 46.7. The van der Waals surface area contributed by atoms with Gasteiger partial charge >= 0.3 is 11.9 Å². The molecule has 0 aromatic rings. The number of hydrogen-bond donors (Lipinski definition) is 0. The largest absolute Gasteiger partial charge is 0.545 e. The molecule has 0 aromatic heterocycles. The van der Waals surface area contributed by atoms with E-state index in [9.17, 15) is 19.5 Å². The zero-order valence-corrected chi connectivity index (χ0v) is 41.8. The molecule has 0 rings (SSSR count). The van der Waals surface area contributed by atoms with Gasteiger partial charge in [0.1, 0.15) is 13.2 Å². The first kappa shape index (κ1) is 61.2. The van der Waals surface area contributed by atoms with Crippen molar-refractivity contribution in [3.63, 3.8) is 0 Å². The molecular formula is C56H93NO8. The van der Waals surface area contributed by atoms with E-state index >= 15 is 0 Å². The molecule has 0 aliphatic carbocycles. The predicted molar refractivity (Wildman–Crippen MR) is 269 cm³/mol. The fraction of sp³-hybridized carbons (Fsp3) is 0.661. The number of likely N-dealkylation sites (N-methyl/N-ethyl adjacent to an activating group) is 1. The third-order valence-electron chi connectivity index (χ3n) is 10.3. The number of aliphatic carboxylic acids is 1. The Labute approximate surface area is 397 Å². The molecule has 0 aromatic carbocycles. The highest BCUT2D eigenvalue weighted by molar-refractivity contribution is 5.70. The average Bonchev–Trinajstić information content (AvgIpc) is 3.27. The third kappa shape index (κ3) is 48.0. The van der Waals surface area contributed by atoms with Crippen molar-refractivity contribution < 1.29 is 42.9 Å². The summed E-state index contributed by atoms with van der Waals surface area (Å²) >= 11 is 0. The smallest absolute Gasteiger partial charge is 0.306 e. The number of hydrogen-bond acceptors (Lipinski definition) is 8. The van der Waals surface area contributed by atoms with E-state index in [1.807, 2.05) is 21.1 Å². The van der Waals surface area contributed by atoms with Crippen LogP contribution in [0.2, 0.25) is 0 Å². The third-order valence-corrected chi connectivity index (χ3v) is 10.3. The Hall–Kier alpha value is -3.79. The van der Waals surface area contributed by atoms with Crippen LogP contribution in [0.1, 0.15) is 181 Å². The monoisotopic (exact) mass is 908 g/mol. The summed E-state index contributed by atoms with van der Waals surface area (Å²) in [6.45, 7) is 4.57. The average molecular weight is 908 g/mol. The van der Waals surface area contributed by atoms with Gasteiger partial charge in [-0.3, -0.25) is 9.59 Å². The molecule has 0 saturated carbocycles. The Kier molecular flexibility index (Phi) is 44.0. The van der Waals surface area contributed by atoms with Gasteiger partial charge in [0.25, 0.3) is 0 Å². The van der Waals surface area contributed by atoms with Crippen LogP contribution >= 0.6 is 0 Å². The van der Waals surface area contributed by atoms with Crippen molar-refractivity contribution in [1.82, 2.24) is 0 Å². The lowest BCUT2D eigenvalue weighted by atomic mass is 10.1. The van der Waals surface area contributed by atoms with Crippen molar-refractivity contribution in [1.29, 1.82) is 0 Å². The molecule has 0 radical (unpaired) electrons. The van der Waals surface area contributed by atoms with Crippen LogP contribution in [0.3, 0.4) is 0 Å². The number of carboxylic acid groups (broad SMARTS) is 1. The van der Waals surface area contributed by atoms with E-state index in [4.69, 9.17) is 18.9 Å². The summed E-state index contributed by atoms with van der Waals surface area (Å²) < 4.78 is 22.5. The highest BCUT2D eigenvalue weighted by Gasteiger charge is 2.21. The number of esters is 2. The van der Waals surface area contributed by atoms with Gasteiger partial charge in [0.2, 0.25) is 0 Å². The van der Waals surface area contributed by atoms with Gasteiger partial charge in [-0.2, -0.15) is 0 Å². The zero-order chi connectivity index (χ0) is 47.7. The van der Waals surface area contributed by atoms with Crippen LogP contribution in [-0.2, 0) is 33.3 Å². The van der Waals surface area contributed by atoms with Gasteiger partial charge in [-0.05, 0) is 77.0 Å². The van der Waals surface area contributed by atoms with Gasteiger partial charge in [0.05, 0.1) is 40.3 Å². The molecule has 2 unspecified atom stereocenters. The van der Waals surface area contributed by atoms with E-state index in [0.29, 0.717) is 17.4 Å². The summed E-state index contributed by atoms with van der Waals surface area (Å²) in [4.78, 5) is 37.0. The quantitative estimate of drug-likeness (QED) is 0.0195. The molecule has 9 heteroatoms. The summed E-state index contributed by atoms with van der Waals surface area (Å²) in [6, 6.07) is 0. The number of carboxylic acids is 1. The highest BCUT2D eigenvalue weighted by atomic mass is 16.7. The predicted octanol–water partition coefficient (Wildman–Crippen LogP) is 12.9. The second-order valence-electron chi connectivity index (χ2n) is 17.7. The Bertz CT molecular complexity index is 1380. The molecule has 0 saturated heterocycles. The van der Waals surface area contributed by atoms with E-state index in [2.05, 4.69) is 111 Å². The molecule has 370 valence electrons. The molecule has 65 heavy (non-hydrogen) atoms. The zero-order valence-electron chi connectivity index (χ0n) is 41.8. The lowest BCUT2D eigenvalue weighted by Crippen LogP contribution is -2.44. The van der Waals surface area contributed by atoms with Crippen molar-refractivity contribution in [3.8, 4) is 0 Å². The second-order valence-corrected chi connectivity index (χ2v) is 17.7. The van der Waals surface area contributed by atoms with Crippen molar-refractivity contribution in [2.24, 2.45) is 0 Å². The molecular weight excluding hydrogens is 815 g/mol. The minimum absolute atomic E-state index is 0.138. The van der Waals surface area contributed by atoms with E-state index < -0.39 is 24.3 Å². The minimum atomic E-state index is -1.63. The van der Waals surface area contributed by atoms with E-state index in [0.717, 1.165) is 96.3 Å². The summed E-state index contributed by atoms with van der Waals surface area (Å²) in [5, 5.41) is 11.7. The number of allylic oxidation sites excluding steroid dienone is 16. The topological polar surface area (TPSA) is 111 Å². The van der Waals surface area contributed by atoms with E-state index in [1.165, 1.54) is 51.4 Å². The SMILES string of the molecule is CC/C=C\C/C=C\C/C=C\C/C=C\C/C=C\C/C=C\C/C=C\C/C=C\CCCCCCC(=O)OC(COC(=O)CCCCCCCCCCCCC)COC(OCC[N+](C)(C)C)C(=O)[O-]. The van der Waals surface area contributed by atoms with E-state index in [-0.39, 0.29) is 38.6 Å². The standard InChI is InChI=1S/C56H93NO8/c1-6-8-10-12-14-16-18-19-20-21-22-23-24-25-26-27-28-29-30-31-32-33-34-35-37-39-41-43-45-47-54(59)65-52(51-64-56(55(60)61)62-49-48-57(3,4)5)50-63-53(58)46-44-42-40-38-36-17-15-13-11-9-7-2/h8,10,14,16,19-20,22-23,25-26,28-29,31-32,34-35,52,56H,6-7,9,11-13,15,17-18,21,24,27,30,33,36-51H2,1-5H3/b10-8-,16-14-,20-19-,23-22-,26-25-,29-28-,32-31-,35-34-. The highest BCUT2D eigenvalue weighted by Crippen LogP contribution is 2.13. The normalized spacial score (nSPS) is 13.7. The van der Waals surface area contributed by atoms with E-state index in [1.54, 1.807) is 0 Å². The fourth-order valence-electron chi connectivity index (χ4n) is 6.43. The summed E-state index contributed by atoms with van der Waals surface area (Å²) in [5.41, 5.74) is 0. The van der Waals surface area contributed by atoms with Crippen LogP contribution < -0.4 is 5.11 Å². The van der Waals surface area contributed by atoms with Crippen LogP contribution in [-0.4, -0.2) is 82.3 Å². The fourth-order valence-corrected chi connectivity index (χ4v) is 6.43. The molecule has 9 nitrogen and oxygen atoms in total. The van der Waals surface area contributed by atoms with Crippen LogP contribution in [0.25, 0.3) is 0 Å². The number of carbonyl (C=O) groups is 3. The van der Waals surface area contributed by atoms with Crippen LogP contribution in [0.5, 0.6) is 0 Å². The first-order valence-electron chi connectivity index (χ1n) is 25.4. The molecule has 0 aliphatic heterocycles.